The molecule has 128 valence electrons. The Balaban J connectivity index is 1.71. The summed E-state index contributed by atoms with van der Waals surface area (Å²) >= 11 is 0. The third-order valence-corrected chi connectivity index (χ3v) is 4.26. The largest absolute Gasteiger partial charge is 0.378 e. The summed E-state index contributed by atoms with van der Waals surface area (Å²) in [6.07, 6.45) is 0. The topological polar surface area (TPSA) is 59.7 Å². The number of benzene rings is 1. The molecule has 1 fully saturated rings. The number of hydrogen-bond acceptors (Lipinski definition) is 4. The first kappa shape index (κ1) is 15.7. The van der Waals surface area contributed by atoms with Crippen LogP contribution >= 0.6 is 0 Å². The molecule has 0 unspecified atom stereocenters. The van der Waals surface area contributed by atoms with Crippen LogP contribution in [-0.2, 0) is 4.74 Å². The first-order valence-electron chi connectivity index (χ1n) is 8.12. The average Bonchev–Trinajstić information content (AvgIpc) is 3.07. The minimum atomic E-state index is -0.288. The Bertz CT molecular complexity index is 930. The number of fused-ring (bicyclic) bond motifs is 1. The fourth-order valence-corrected chi connectivity index (χ4v) is 2.93. The SMILES string of the molecule is Cc1cc(-c2ccc(F)cc2)nc2cc(C(=O)N3CCOCC3)nn12. The Hall–Kier alpha value is -2.80. The molecule has 1 amide bonds. The maximum atomic E-state index is 13.1. The van der Waals surface area contributed by atoms with Gasteiger partial charge in [0, 0.05) is 30.4 Å². The fourth-order valence-electron chi connectivity index (χ4n) is 2.93. The molecular weight excluding hydrogens is 323 g/mol. The van der Waals surface area contributed by atoms with E-state index in [1.54, 1.807) is 27.6 Å². The van der Waals surface area contributed by atoms with Crippen molar-refractivity contribution in [2.75, 3.05) is 26.3 Å². The van der Waals surface area contributed by atoms with Gasteiger partial charge in [-0.3, -0.25) is 4.79 Å². The third-order valence-electron chi connectivity index (χ3n) is 4.26. The molecule has 3 aromatic rings. The first-order valence-corrected chi connectivity index (χ1v) is 8.12. The number of carbonyl (C=O) groups excluding carboxylic acids is 1. The molecule has 0 bridgehead atoms. The number of halogens is 1. The number of carbonyl (C=O) groups is 1. The van der Waals surface area contributed by atoms with Gasteiger partial charge in [0.15, 0.2) is 11.3 Å². The minimum Gasteiger partial charge on any atom is -0.378 e. The quantitative estimate of drug-likeness (QED) is 0.718. The van der Waals surface area contributed by atoms with E-state index in [1.165, 1.54) is 12.1 Å². The molecule has 1 aromatic carbocycles. The van der Waals surface area contributed by atoms with Gasteiger partial charge in [-0.25, -0.2) is 13.9 Å². The van der Waals surface area contributed by atoms with E-state index in [9.17, 15) is 9.18 Å². The van der Waals surface area contributed by atoms with Gasteiger partial charge in [0.25, 0.3) is 5.91 Å². The highest BCUT2D eigenvalue weighted by molar-refractivity contribution is 5.93. The van der Waals surface area contributed by atoms with Gasteiger partial charge in [-0.05, 0) is 37.3 Å². The second-order valence-electron chi connectivity index (χ2n) is 5.99. The molecule has 1 aliphatic rings. The van der Waals surface area contributed by atoms with Crippen molar-refractivity contribution in [2.45, 2.75) is 6.92 Å². The molecule has 25 heavy (non-hydrogen) atoms. The average molecular weight is 340 g/mol. The van der Waals surface area contributed by atoms with E-state index in [0.717, 1.165) is 17.0 Å². The summed E-state index contributed by atoms with van der Waals surface area (Å²) in [6, 6.07) is 9.74. The highest BCUT2D eigenvalue weighted by Gasteiger charge is 2.22. The Labute approximate surface area is 143 Å². The second kappa shape index (κ2) is 6.25. The number of hydrogen-bond donors (Lipinski definition) is 0. The van der Waals surface area contributed by atoms with Crippen molar-refractivity contribution in [1.29, 1.82) is 0 Å². The van der Waals surface area contributed by atoms with E-state index < -0.39 is 0 Å². The Morgan fingerprint density at radius 3 is 2.60 bits per heavy atom. The van der Waals surface area contributed by atoms with Crippen molar-refractivity contribution in [3.63, 3.8) is 0 Å². The van der Waals surface area contributed by atoms with Gasteiger partial charge < -0.3 is 9.64 Å². The zero-order chi connectivity index (χ0) is 17.4. The number of amides is 1. The molecule has 4 rings (SSSR count). The lowest BCUT2D eigenvalue weighted by molar-refractivity contribution is 0.0299. The van der Waals surface area contributed by atoms with Gasteiger partial charge in [-0.2, -0.15) is 5.10 Å². The molecular formula is C18H17FN4O2. The van der Waals surface area contributed by atoms with Crippen molar-refractivity contribution >= 4 is 11.6 Å². The number of rotatable bonds is 2. The molecule has 0 saturated carbocycles. The van der Waals surface area contributed by atoms with E-state index in [4.69, 9.17) is 4.74 Å². The van der Waals surface area contributed by atoms with E-state index in [1.807, 2.05) is 13.0 Å². The number of nitrogens with zero attached hydrogens (tertiary/aromatic N) is 4. The molecule has 1 saturated heterocycles. The fraction of sp³-hybridized carbons (Fsp3) is 0.278. The summed E-state index contributed by atoms with van der Waals surface area (Å²) < 4.78 is 20.0. The van der Waals surface area contributed by atoms with Crippen molar-refractivity contribution in [1.82, 2.24) is 19.5 Å². The second-order valence-corrected chi connectivity index (χ2v) is 5.99. The molecule has 0 spiro atoms. The number of aryl methyl sites for hydroxylation is 1. The van der Waals surface area contributed by atoms with Crippen LogP contribution in [0, 0.1) is 12.7 Å². The smallest absolute Gasteiger partial charge is 0.274 e. The molecule has 0 aliphatic carbocycles. The lowest BCUT2D eigenvalue weighted by Crippen LogP contribution is -2.40. The Morgan fingerprint density at radius 1 is 1.16 bits per heavy atom. The summed E-state index contributed by atoms with van der Waals surface area (Å²) in [4.78, 5) is 18.9. The summed E-state index contributed by atoms with van der Waals surface area (Å²) in [5.41, 5.74) is 3.35. The summed E-state index contributed by atoms with van der Waals surface area (Å²) in [5.74, 6) is -0.402. The lowest BCUT2D eigenvalue weighted by Gasteiger charge is -2.25. The maximum absolute atomic E-state index is 13.1. The van der Waals surface area contributed by atoms with Crippen LogP contribution in [0.5, 0.6) is 0 Å². The van der Waals surface area contributed by atoms with Gasteiger partial charge in [0.1, 0.15) is 5.82 Å². The van der Waals surface area contributed by atoms with Crippen LogP contribution in [0.4, 0.5) is 4.39 Å². The minimum absolute atomic E-state index is 0.114. The summed E-state index contributed by atoms with van der Waals surface area (Å²) in [7, 11) is 0. The summed E-state index contributed by atoms with van der Waals surface area (Å²) in [6.45, 7) is 4.13. The van der Waals surface area contributed by atoms with Crippen molar-refractivity contribution in [3.05, 3.63) is 53.6 Å². The Morgan fingerprint density at radius 2 is 1.88 bits per heavy atom. The lowest BCUT2D eigenvalue weighted by atomic mass is 10.1. The maximum Gasteiger partial charge on any atom is 0.274 e. The van der Waals surface area contributed by atoms with Crippen LogP contribution in [-0.4, -0.2) is 51.7 Å². The number of morpholine rings is 1. The zero-order valence-corrected chi connectivity index (χ0v) is 13.8. The Kier molecular flexibility index (Phi) is 3.93. The van der Waals surface area contributed by atoms with E-state index in [2.05, 4.69) is 10.1 Å². The monoisotopic (exact) mass is 340 g/mol. The van der Waals surface area contributed by atoms with Crippen LogP contribution < -0.4 is 0 Å². The highest BCUT2D eigenvalue weighted by Crippen LogP contribution is 2.21. The number of ether oxygens (including phenoxy) is 1. The molecule has 7 heteroatoms. The third kappa shape index (κ3) is 2.98. The first-order chi connectivity index (χ1) is 12.1. The van der Waals surface area contributed by atoms with E-state index >= 15 is 0 Å². The molecule has 0 atom stereocenters. The normalized spacial score (nSPS) is 14.9. The van der Waals surface area contributed by atoms with Crippen LogP contribution in [0.1, 0.15) is 16.2 Å². The molecule has 6 nitrogen and oxygen atoms in total. The van der Waals surface area contributed by atoms with Gasteiger partial charge in [-0.1, -0.05) is 0 Å². The number of aromatic nitrogens is 3. The van der Waals surface area contributed by atoms with Crippen molar-refractivity contribution in [2.24, 2.45) is 0 Å². The molecule has 1 aliphatic heterocycles. The standard InChI is InChI=1S/C18H17FN4O2/c1-12-10-15(13-2-4-14(19)5-3-13)20-17-11-16(21-23(12)17)18(24)22-6-8-25-9-7-22/h2-5,10-11H,6-9H2,1H3. The van der Waals surface area contributed by atoms with E-state index in [0.29, 0.717) is 37.6 Å². The molecule has 3 heterocycles. The predicted octanol–water partition coefficient (Wildman–Crippen LogP) is 2.32. The van der Waals surface area contributed by atoms with Crippen LogP contribution in [0.3, 0.4) is 0 Å². The molecule has 0 radical (unpaired) electrons. The predicted molar refractivity (Wildman–Crippen MR) is 89.8 cm³/mol. The van der Waals surface area contributed by atoms with Gasteiger partial charge in [0.05, 0.1) is 18.9 Å². The molecule has 0 N–H and O–H groups in total. The van der Waals surface area contributed by atoms with Crippen LogP contribution in [0.15, 0.2) is 36.4 Å². The zero-order valence-electron chi connectivity index (χ0n) is 13.8. The van der Waals surface area contributed by atoms with Crippen LogP contribution in [0.2, 0.25) is 0 Å². The van der Waals surface area contributed by atoms with Gasteiger partial charge in [-0.15, -0.1) is 0 Å². The highest BCUT2D eigenvalue weighted by atomic mass is 19.1. The van der Waals surface area contributed by atoms with Crippen LogP contribution in [0.25, 0.3) is 16.9 Å². The van der Waals surface area contributed by atoms with Crippen molar-refractivity contribution in [3.8, 4) is 11.3 Å². The van der Waals surface area contributed by atoms with E-state index in [-0.39, 0.29) is 11.7 Å². The van der Waals surface area contributed by atoms with Gasteiger partial charge in [0.2, 0.25) is 0 Å². The summed E-state index contributed by atoms with van der Waals surface area (Å²) in [5, 5.41) is 4.40. The molecule has 2 aromatic heterocycles. The van der Waals surface area contributed by atoms with Crippen molar-refractivity contribution < 1.29 is 13.9 Å². The van der Waals surface area contributed by atoms with Gasteiger partial charge >= 0.3 is 0 Å².